The first-order chi connectivity index (χ1) is 9.84. The van der Waals surface area contributed by atoms with E-state index in [0.29, 0.717) is 12.8 Å². The lowest BCUT2D eigenvalue weighted by Crippen LogP contribution is -2.23. The number of aromatic nitrogens is 1. The van der Waals surface area contributed by atoms with Gasteiger partial charge in [0.25, 0.3) is 5.92 Å². The number of carbonyl (C=O) groups is 1. The number of hydrogen-bond donors (Lipinski definition) is 0. The lowest BCUT2D eigenvalue weighted by molar-refractivity contribution is -0.146. The van der Waals surface area contributed by atoms with Crippen molar-refractivity contribution in [3.8, 4) is 0 Å². The Morgan fingerprint density at radius 1 is 1.29 bits per heavy atom. The van der Waals surface area contributed by atoms with Crippen molar-refractivity contribution in [2.75, 3.05) is 7.11 Å². The first kappa shape index (κ1) is 15.0. The summed E-state index contributed by atoms with van der Waals surface area (Å²) in [6.45, 7) is 0. The van der Waals surface area contributed by atoms with Gasteiger partial charge in [-0.3, -0.25) is 4.79 Å². The van der Waals surface area contributed by atoms with Crippen LogP contribution in [0.25, 0.3) is 0 Å². The zero-order valence-electron chi connectivity index (χ0n) is 11.2. The molecule has 2 aliphatic rings. The van der Waals surface area contributed by atoms with E-state index in [0.717, 1.165) is 12.1 Å². The molecule has 114 valence electrons. The lowest BCUT2D eigenvalue weighted by atomic mass is 9.94. The van der Waals surface area contributed by atoms with Gasteiger partial charge in [-0.15, -0.1) is 0 Å². The lowest BCUT2D eigenvalue weighted by Gasteiger charge is -2.21. The fourth-order valence-corrected chi connectivity index (χ4v) is 4.05. The predicted octanol–water partition coefficient (Wildman–Crippen LogP) is 3.93. The van der Waals surface area contributed by atoms with Gasteiger partial charge in [-0.1, -0.05) is 23.2 Å². The Morgan fingerprint density at radius 2 is 1.81 bits per heavy atom. The van der Waals surface area contributed by atoms with Gasteiger partial charge in [0.2, 0.25) is 0 Å². The molecule has 1 aromatic rings. The van der Waals surface area contributed by atoms with E-state index in [1.165, 1.54) is 7.11 Å². The van der Waals surface area contributed by atoms with Crippen LogP contribution in [0.15, 0.2) is 12.1 Å². The molecule has 1 heterocycles. The van der Waals surface area contributed by atoms with Crippen LogP contribution in [0.5, 0.6) is 0 Å². The Balaban J connectivity index is 1.76. The maximum absolute atomic E-state index is 14.6. The number of halogens is 4. The van der Waals surface area contributed by atoms with Crippen LogP contribution in [-0.4, -0.2) is 18.1 Å². The highest BCUT2D eigenvalue weighted by molar-refractivity contribution is 6.32. The summed E-state index contributed by atoms with van der Waals surface area (Å²) in [5, 5.41) is -0.0918. The Morgan fingerprint density at radius 3 is 2.29 bits per heavy atom. The van der Waals surface area contributed by atoms with Crippen LogP contribution >= 0.6 is 23.2 Å². The zero-order valence-corrected chi connectivity index (χ0v) is 12.7. The summed E-state index contributed by atoms with van der Waals surface area (Å²) in [7, 11) is 1.32. The van der Waals surface area contributed by atoms with Gasteiger partial charge in [0, 0.05) is 11.5 Å². The van der Waals surface area contributed by atoms with Gasteiger partial charge >= 0.3 is 5.97 Å². The Hall–Kier alpha value is -0.940. The molecule has 3 nitrogen and oxygen atoms in total. The molecule has 0 N–H and O–H groups in total. The zero-order chi connectivity index (χ0) is 15.4. The Bertz CT molecular complexity index is 564. The quantitative estimate of drug-likeness (QED) is 0.620. The number of esters is 1. The molecule has 2 unspecified atom stereocenters. The second-order valence-corrected chi connectivity index (χ2v) is 6.44. The van der Waals surface area contributed by atoms with Crippen LogP contribution in [0, 0.1) is 23.7 Å². The average molecular weight is 336 g/mol. The van der Waals surface area contributed by atoms with E-state index in [1.54, 1.807) is 0 Å². The molecule has 2 fully saturated rings. The fourth-order valence-electron chi connectivity index (χ4n) is 3.59. The van der Waals surface area contributed by atoms with Gasteiger partial charge in [0.15, 0.2) is 0 Å². The maximum atomic E-state index is 14.6. The molecule has 0 bridgehead atoms. The van der Waals surface area contributed by atoms with E-state index in [1.807, 2.05) is 0 Å². The highest BCUT2D eigenvalue weighted by atomic mass is 35.5. The number of rotatable bonds is 3. The summed E-state index contributed by atoms with van der Waals surface area (Å²) in [6.07, 6.45) is 0.925. The van der Waals surface area contributed by atoms with Crippen LogP contribution < -0.4 is 0 Å². The third-order valence-electron chi connectivity index (χ3n) is 4.55. The van der Waals surface area contributed by atoms with Crippen molar-refractivity contribution in [2.45, 2.75) is 18.8 Å². The summed E-state index contributed by atoms with van der Waals surface area (Å²) in [4.78, 5) is 15.1. The van der Waals surface area contributed by atoms with Crippen molar-refractivity contribution in [1.29, 1.82) is 0 Å². The molecular formula is C14H13Cl2F2NO2. The van der Waals surface area contributed by atoms with Gasteiger partial charge in [-0.05, 0) is 36.8 Å². The second-order valence-electron chi connectivity index (χ2n) is 5.67. The summed E-state index contributed by atoms with van der Waals surface area (Å²) in [6, 6.07) is 2.30. The predicted molar refractivity (Wildman–Crippen MR) is 73.4 cm³/mol. The van der Waals surface area contributed by atoms with Crippen LogP contribution in [-0.2, 0) is 15.5 Å². The van der Waals surface area contributed by atoms with E-state index in [2.05, 4.69) is 9.72 Å². The Kier molecular flexibility index (Phi) is 3.61. The van der Waals surface area contributed by atoms with Crippen molar-refractivity contribution in [3.63, 3.8) is 0 Å². The topological polar surface area (TPSA) is 39.2 Å². The third kappa shape index (κ3) is 2.50. The molecule has 1 aromatic heterocycles. The fraction of sp³-hybridized carbons (Fsp3) is 0.571. The molecule has 0 aliphatic heterocycles. The van der Waals surface area contributed by atoms with E-state index in [9.17, 15) is 13.6 Å². The van der Waals surface area contributed by atoms with Crippen LogP contribution in [0.4, 0.5) is 8.78 Å². The Labute approximate surface area is 130 Å². The molecule has 2 aliphatic carbocycles. The molecule has 7 heteroatoms. The minimum atomic E-state index is -3.01. The van der Waals surface area contributed by atoms with Gasteiger partial charge in [0.1, 0.15) is 10.3 Å². The molecule has 0 radical (unpaired) electrons. The van der Waals surface area contributed by atoms with Gasteiger partial charge in [-0.2, -0.15) is 0 Å². The molecule has 0 saturated heterocycles. The monoisotopic (exact) mass is 335 g/mol. The standard InChI is InChI=1S/C14H13Cl2F2NO2/c1-21-13(20)6-2-8-9(3-6)12(8)14(17,18)7-4-10(15)19-11(16)5-7/h4-6,8-9,12H,2-3H2,1H3. The molecule has 0 amide bonds. The van der Waals surface area contributed by atoms with Crippen molar-refractivity contribution in [2.24, 2.45) is 23.7 Å². The van der Waals surface area contributed by atoms with Crippen molar-refractivity contribution in [3.05, 3.63) is 28.0 Å². The van der Waals surface area contributed by atoms with Crippen molar-refractivity contribution >= 4 is 29.2 Å². The van der Waals surface area contributed by atoms with E-state index < -0.39 is 11.8 Å². The minimum absolute atomic E-state index is 0.0459. The summed E-state index contributed by atoms with van der Waals surface area (Å²) in [5.74, 6) is -4.61. The van der Waals surface area contributed by atoms with Gasteiger partial charge in [-0.25, -0.2) is 13.8 Å². The number of nitrogens with zero attached hydrogens (tertiary/aromatic N) is 1. The second kappa shape index (κ2) is 5.06. The van der Waals surface area contributed by atoms with Crippen LogP contribution in [0.1, 0.15) is 18.4 Å². The van der Waals surface area contributed by atoms with E-state index in [4.69, 9.17) is 23.2 Å². The SMILES string of the molecule is COC(=O)C1CC2C(C1)C2C(F)(F)c1cc(Cl)nc(Cl)c1. The molecule has 21 heavy (non-hydrogen) atoms. The minimum Gasteiger partial charge on any atom is -0.469 e. The number of pyridine rings is 1. The summed E-state index contributed by atoms with van der Waals surface area (Å²) >= 11 is 11.4. The smallest absolute Gasteiger partial charge is 0.308 e. The number of ether oxygens (including phenoxy) is 1. The average Bonchev–Trinajstić information content (AvgIpc) is 2.94. The number of carbonyl (C=O) groups excluding carboxylic acids is 1. The van der Waals surface area contributed by atoms with Crippen LogP contribution in [0.2, 0.25) is 10.3 Å². The molecule has 2 atom stereocenters. The number of fused-ring (bicyclic) bond motifs is 1. The van der Waals surface area contributed by atoms with Crippen molar-refractivity contribution in [1.82, 2.24) is 4.98 Å². The normalized spacial score (nSPS) is 30.9. The summed E-state index contributed by atoms with van der Waals surface area (Å²) in [5.41, 5.74) is -0.207. The largest absolute Gasteiger partial charge is 0.469 e. The van der Waals surface area contributed by atoms with E-state index >= 15 is 0 Å². The first-order valence-corrected chi connectivity index (χ1v) is 7.39. The molecule has 2 saturated carbocycles. The maximum Gasteiger partial charge on any atom is 0.308 e. The molecule has 0 spiro atoms. The number of alkyl halides is 2. The van der Waals surface area contributed by atoms with Gasteiger partial charge in [0.05, 0.1) is 13.0 Å². The highest BCUT2D eigenvalue weighted by Crippen LogP contribution is 2.67. The highest BCUT2D eigenvalue weighted by Gasteiger charge is 2.67. The third-order valence-corrected chi connectivity index (χ3v) is 4.93. The molecule has 0 aromatic carbocycles. The van der Waals surface area contributed by atoms with Crippen LogP contribution in [0.3, 0.4) is 0 Å². The summed E-state index contributed by atoms with van der Waals surface area (Å²) < 4.78 is 33.8. The first-order valence-electron chi connectivity index (χ1n) is 6.63. The molecular weight excluding hydrogens is 323 g/mol. The molecule has 3 rings (SSSR count). The van der Waals surface area contributed by atoms with E-state index in [-0.39, 0.29) is 39.6 Å². The number of hydrogen-bond acceptors (Lipinski definition) is 3. The van der Waals surface area contributed by atoms with Gasteiger partial charge < -0.3 is 4.74 Å². The van der Waals surface area contributed by atoms with Crippen molar-refractivity contribution < 1.29 is 18.3 Å². The number of methoxy groups -OCH3 is 1.